The van der Waals surface area contributed by atoms with Gasteiger partial charge in [-0.1, -0.05) is 18.2 Å². The highest BCUT2D eigenvalue weighted by molar-refractivity contribution is 7.17. The molecule has 1 amide bonds. The fraction of sp³-hybridized carbons (Fsp3) is 0.174. The monoisotopic (exact) mass is 432 g/mol. The summed E-state index contributed by atoms with van der Waals surface area (Å²) in [5.41, 5.74) is 2.69. The van der Waals surface area contributed by atoms with E-state index in [0.717, 1.165) is 28.9 Å². The topological polar surface area (TPSA) is 76.6 Å². The van der Waals surface area contributed by atoms with E-state index in [2.05, 4.69) is 20.2 Å². The van der Waals surface area contributed by atoms with Gasteiger partial charge in [0.05, 0.1) is 34.3 Å². The average molecular weight is 433 g/mol. The minimum absolute atomic E-state index is 0.170. The number of rotatable bonds is 5. The largest absolute Gasteiger partial charge is 0.444 e. The molecule has 0 spiro atoms. The highest BCUT2D eigenvalue weighted by Crippen LogP contribution is 2.32. The van der Waals surface area contributed by atoms with Crippen LogP contribution in [0.5, 0.6) is 11.6 Å². The fourth-order valence-corrected chi connectivity index (χ4v) is 4.47. The maximum atomic E-state index is 12.3. The number of pyridine rings is 2. The molecule has 0 radical (unpaired) electrons. The van der Waals surface area contributed by atoms with Crippen molar-refractivity contribution in [2.24, 2.45) is 0 Å². The van der Waals surface area contributed by atoms with Gasteiger partial charge >= 0.3 is 6.09 Å². The number of fused-ring (bicyclic) bond motifs is 1. The normalized spacial score (nSPS) is 15.7. The van der Waals surface area contributed by atoms with Gasteiger partial charge in [-0.15, -0.1) is 11.3 Å². The third-order valence-electron chi connectivity index (χ3n) is 5.03. The molecule has 1 fully saturated rings. The van der Waals surface area contributed by atoms with Gasteiger partial charge in [-0.3, -0.25) is 10.3 Å². The number of nitrogens with zero attached hydrogens (tertiary/aromatic N) is 3. The number of para-hydroxylation sites is 1. The van der Waals surface area contributed by atoms with E-state index in [1.807, 2.05) is 54.0 Å². The first-order chi connectivity index (χ1) is 15.2. The molecule has 1 aliphatic rings. The van der Waals surface area contributed by atoms with Crippen molar-refractivity contribution >= 4 is 39.0 Å². The quantitative estimate of drug-likeness (QED) is 0.460. The Kier molecular flexibility index (Phi) is 5.37. The van der Waals surface area contributed by atoms with Crippen molar-refractivity contribution in [2.75, 3.05) is 23.3 Å². The lowest BCUT2D eigenvalue weighted by Crippen LogP contribution is -2.26. The van der Waals surface area contributed by atoms with E-state index in [1.165, 1.54) is 0 Å². The number of carbonyl (C=O) groups is 1. The van der Waals surface area contributed by atoms with Crippen LogP contribution in [0.4, 0.5) is 16.2 Å². The molecule has 156 valence electrons. The Hall–Kier alpha value is -3.65. The molecule has 1 saturated heterocycles. The summed E-state index contributed by atoms with van der Waals surface area (Å²) in [6.45, 7) is 1.49. The van der Waals surface area contributed by atoms with Gasteiger partial charge < -0.3 is 14.4 Å². The van der Waals surface area contributed by atoms with Crippen molar-refractivity contribution in [1.82, 2.24) is 9.97 Å². The van der Waals surface area contributed by atoms with Gasteiger partial charge in [0.15, 0.2) is 0 Å². The predicted molar refractivity (Wildman–Crippen MR) is 121 cm³/mol. The summed E-state index contributed by atoms with van der Waals surface area (Å²) in [7, 11) is 0. The molecule has 1 aliphatic heterocycles. The summed E-state index contributed by atoms with van der Waals surface area (Å²) >= 11 is 1.68. The number of hydrogen-bond donors (Lipinski definition) is 1. The van der Waals surface area contributed by atoms with E-state index in [1.54, 1.807) is 29.7 Å². The lowest BCUT2D eigenvalue weighted by atomic mass is 10.3. The lowest BCUT2D eigenvalue weighted by Gasteiger charge is -2.19. The Morgan fingerprint density at radius 2 is 2.00 bits per heavy atom. The Labute approximate surface area is 183 Å². The SMILES string of the molecule is O=C(Nc1ccc(Oc2ccccc2)nc1)OC1CCN(c2ccnc3ccsc23)C1. The maximum absolute atomic E-state index is 12.3. The molecule has 31 heavy (non-hydrogen) atoms. The second kappa shape index (κ2) is 8.61. The molecule has 3 aromatic heterocycles. The van der Waals surface area contributed by atoms with Crippen molar-refractivity contribution in [3.05, 3.63) is 72.4 Å². The van der Waals surface area contributed by atoms with Gasteiger partial charge in [0, 0.05) is 25.2 Å². The molecule has 0 saturated carbocycles. The average Bonchev–Trinajstić information content (AvgIpc) is 3.45. The zero-order chi connectivity index (χ0) is 21.0. The van der Waals surface area contributed by atoms with Crippen LogP contribution in [0.25, 0.3) is 10.2 Å². The number of aromatic nitrogens is 2. The fourth-order valence-electron chi connectivity index (χ4n) is 3.57. The van der Waals surface area contributed by atoms with Crippen LogP contribution in [0.1, 0.15) is 6.42 Å². The van der Waals surface area contributed by atoms with Crippen LogP contribution in [-0.2, 0) is 4.74 Å². The van der Waals surface area contributed by atoms with Gasteiger partial charge in [0.2, 0.25) is 5.88 Å². The number of nitrogens with one attached hydrogen (secondary N) is 1. The highest BCUT2D eigenvalue weighted by atomic mass is 32.1. The molecule has 8 heteroatoms. The zero-order valence-corrected chi connectivity index (χ0v) is 17.4. The van der Waals surface area contributed by atoms with Crippen LogP contribution in [0.15, 0.2) is 72.4 Å². The lowest BCUT2D eigenvalue weighted by molar-refractivity contribution is 0.122. The summed E-state index contributed by atoms with van der Waals surface area (Å²) in [6.07, 6.45) is 3.50. The second-order valence-corrected chi connectivity index (χ2v) is 8.07. The standard InChI is InChI=1S/C23H20N4O3S/c28-23(26-16-6-7-21(25-14-16)29-17-4-2-1-3-5-17)30-18-9-12-27(15-18)20-8-11-24-19-10-13-31-22(19)20/h1-8,10-11,13-14,18H,9,12,15H2,(H,26,28). The number of hydrogen-bond acceptors (Lipinski definition) is 7. The molecule has 1 atom stereocenters. The number of benzene rings is 1. The second-order valence-electron chi connectivity index (χ2n) is 7.15. The first kappa shape index (κ1) is 19.3. The molecular weight excluding hydrogens is 412 g/mol. The van der Waals surface area contributed by atoms with Gasteiger partial charge in [0.25, 0.3) is 0 Å². The van der Waals surface area contributed by atoms with Gasteiger partial charge in [-0.2, -0.15) is 0 Å². The molecule has 0 bridgehead atoms. The van der Waals surface area contributed by atoms with Crippen molar-refractivity contribution in [3.63, 3.8) is 0 Å². The minimum Gasteiger partial charge on any atom is -0.444 e. The highest BCUT2D eigenvalue weighted by Gasteiger charge is 2.27. The number of anilines is 2. The summed E-state index contributed by atoms with van der Waals surface area (Å²) < 4.78 is 12.4. The molecule has 5 rings (SSSR count). The Morgan fingerprint density at radius 3 is 2.84 bits per heavy atom. The van der Waals surface area contributed by atoms with Gasteiger partial charge in [-0.25, -0.2) is 9.78 Å². The van der Waals surface area contributed by atoms with E-state index in [9.17, 15) is 4.79 Å². The van der Waals surface area contributed by atoms with Crippen LogP contribution >= 0.6 is 11.3 Å². The van der Waals surface area contributed by atoms with E-state index >= 15 is 0 Å². The van der Waals surface area contributed by atoms with Crippen LogP contribution in [0.3, 0.4) is 0 Å². The first-order valence-electron chi connectivity index (χ1n) is 9.98. The molecule has 7 nitrogen and oxygen atoms in total. The molecule has 1 unspecified atom stereocenters. The van der Waals surface area contributed by atoms with Crippen LogP contribution in [0, 0.1) is 0 Å². The third kappa shape index (κ3) is 4.44. The van der Waals surface area contributed by atoms with Crippen molar-refractivity contribution < 1.29 is 14.3 Å². The molecule has 1 N–H and O–H groups in total. The molecular formula is C23H20N4O3S. The summed E-state index contributed by atoms with van der Waals surface area (Å²) in [5.74, 6) is 1.16. The van der Waals surface area contributed by atoms with Crippen molar-refractivity contribution in [2.45, 2.75) is 12.5 Å². The number of thiophene rings is 1. The Balaban J connectivity index is 1.15. The molecule has 4 aromatic rings. The van der Waals surface area contributed by atoms with Crippen molar-refractivity contribution in [3.8, 4) is 11.6 Å². The zero-order valence-electron chi connectivity index (χ0n) is 16.6. The van der Waals surface area contributed by atoms with E-state index in [0.29, 0.717) is 23.9 Å². The number of amides is 1. The Bertz CT molecular complexity index is 1180. The van der Waals surface area contributed by atoms with Crippen LogP contribution in [0.2, 0.25) is 0 Å². The first-order valence-corrected chi connectivity index (χ1v) is 10.9. The number of carbonyl (C=O) groups excluding carboxylic acids is 1. The van der Waals surface area contributed by atoms with Gasteiger partial charge in [0.1, 0.15) is 11.9 Å². The Morgan fingerprint density at radius 1 is 1.10 bits per heavy atom. The van der Waals surface area contributed by atoms with E-state index < -0.39 is 6.09 Å². The molecule has 0 aliphatic carbocycles. The smallest absolute Gasteiger partial charge is 0.412 e. The van der Waals surface area contributed by atoms with Crippen LogP contribution in [-0.4, -0.2) is 35.3 Å². The third-order valence-corrected chi connectivity index (χ3v) is 5.96. The molecule has 1 aromatic carbocycles. The predicted octanol–water partition coefficient (Wildman–Crippen LogP) is 5.31. The minimum atomic E-state index is -0.485. The number of ether oxygens (including phenoxy) is 2. The van der Waals surface area contributed by atoms with Gasteiger partial charge in [-0.05, 0) is 35.7 Å². The summed E-state index contributed by atoms with van der Waals surface area (Å²) in [6, 6.07) is 16.9. The van der Waals surface area contributed by atoms with Crippen molar-refractivity contribution in [1.29, 1.82) is 0 Å². The maximum Gasteiger partial charge on any atom is 0.412 e. The van der Waals surface area contributed by atoms with E-state index in [4.69, 9.17) is 9.47 Å². The van der Waals surface area contributed by atoms with Crippen LogP contribution < -0.4 is 15.0 Å². The summed E-state index contributed by atoms with van der Waals surface area (Å²) in [4.78, 5) is 23.2. The van der Waals surface area contributed by atoms with E-state index in [-0.39, 0.29) is 6.10 Å². The molecule has 4 heterocycles. The summed E-state index contributed by atoms with van der Waals surface area (Å²) in [5, 5.41) is 4.78.